The lowest BCUT2D eigenvalue weighted by atomic mass is 9.99. The molecule has 0 spiro atoms. The number of carbonyl (C=O) groups excluding carboxylic acids is 1. The molecular formula is C24H28N4O3. The van der Waals surface area contributed by atoms with E-state index in [0.717, 1.165) is 48.2 Å². The number of aromatic nitrogens is 2. The summed E-state index contributed by atoms with van der Waals surface area (Å²) in [4.78, 5) is 23.9. The molecule has 1 amide bonds. The van der Waals surface area contributed by atoms with Gasteiger partial charge in [-0.15, -0.1) is 0 Å². The number of benzene rings is 2. The first-order valence-electron chi connectivity index (χ1n) is 10.8. The van der Waals surface area contributed by atoms with Crippen LogP contribution in [0.2, 0.25) is 0 Å². The number of nitrogens with one attached hydrogen (secondary N) is 1. The molecule has 2 aliphatic rings. The number of ether oxygens (including phenoxy) is 1. The summed E-state index contributed by atoms with van der Waals surface area (Å²) in [5.41, 5.74) is 2.60. The van der Waals surface area contributed by atoms with Gasteiger partial charge >= 0.3 is 0 Å². The maximum atomic E-state index is 12.2. The van der Waals surface area contributed by atoms with Gasteiger partial charge in [0.05, 0.1) is 11.1 Å². The van der Waals surface area contributed by atoms with Crippen molar-refractivity contribution >= 4 is 22.6 Å². The van der Waals surface area contributed by atoms with Crippen LogP contribution in [0.25, 0.3) is 22.3 Å². The summed E-state index contributed by atoms with van der Waals surface area (Å²) in [6, 6.07) is 13.3. The molecule has 0 aliphatic carbocycles. The first-order valence-corrected chi connectivity index (χ1v) is 10.8. The van der Waals surface area contributed by atoms with Gasteiger partial charge < -0.3 is 20.1 Å². The van der Waals surface area contributed by atoms with E-state index in [-0.39, 0.29) is 19.2 Å². The summed E-state index contributed by atoms with van der Waals surface area (Å²) in [7, 11) is 0. The summed E-state index contributed by atoms with van der Waals surface area (Å²) < 4.78 is 5.45. The predicted octanol–water partition coefficient (Wildman–Crippen LogP) is 3.29. The third-order valence-electron chi connectivity index (χ3n) is 6.02. The largest absolute Gasteiger partial charge is 0.507 e. The molecule has 162 valence electrons. The van der Waals surface area contributed by atoms with E-state index in [9.17, 15) is 9.90 Å². The normalized spacial score (nSPS) is 18.9. The highest BCUT2D eigenvalue weighted by atomic mass is 16.5. The molecule has 0 radical (unpaired) electrons. The highest BCUT2D eigenvalue weighted by Crippen LogP contribution is 2.34. The maximum absolute atomic E-state index is 12.2. The third kappa shape index (κ3) is 3.93. The fourth-order valence-corrected chi connectivity index (χ4v) is 4.26. The number of aryl methyl sites for hydroxylation is 1. The minimum absolute atomic E-state index is 0. The molecule has 0 bridgehead atoms. The van der Waals surface area contributed by atoms with E-state index < -0.39 is 0 Å². The number of para-hydroxylation sites is 1. The zero-order chi connectivity index (χ0) is 21.4. The van der Waals surface area contributed by atoms with Gasteiger partial charge in [0.15, 0.2) is 5.82 Å². The monoisotopic (exact) mass is 420 g/mol. The first kappa shape index (κ1) is 19.8. The van der Waals surface area contributed by atoms with Crippen LogP contribution in [-0.2, 0) is 9.53 Å². The second-order valence-electron chi connectivity index (χ2n) is 8.43. The number of carbonyl (C=O) groups is 1. The Hall–Kier alpha value is -3.19. The second-order valence-corrected chi connectivity index (χ2v) is 8.43. The Labute approximate surface area is 182 Å². The number of fused-ring (bicyclic) bond motifs is 1. The highest BCUT2D eigenvalue weighted by molar-refractivity contribution is 5.92. The van der Waals surface area contributed by atoms with Crippen LogP contribution in [0.15, 0.2) is 42.5 Å². The molecule has 5 rings (SSSR count). The molecule has 7 nitrogen and oxygen atoms in total. The van der Waals surface area contributed by atoms with Crippen molar-refractivity contribution in [2.24, 2.45) is 5.92 Å². The minimum Gasteiger partial charge on any atom is -0.507 e. The number of amides is 1. The summed E-state index contributed by atoms with van der Waals surface area (Å²) in [6.07, 6.45) is 1.48. The third-order valence-corrected chi connectivity index (χ3v) is 6.02. The quantitative estimate of drug-likeness (QED) is 0.659. The molecule has 2 aliphatic heterocycles. The number of aromatic hydroxyl groups is 1. The lowest BCUT2D eigenvalue weighted by molar-refractivity contribution is -0.130. The van der Waals surface area contributed by atoms with Crippen LogP contribution in [0.4, 0.5) is 5.82 Å². The predicted molar refractivity (Wildman–Crippen MR) is 121 cm³/mol. The van der Waals surface area contributed by atoms with Crippen LogP contribution in [0.3, 0.4) is 0 Å². The van der Waals surface area contributed by atoms with Crippen molar-refractivity contribution in [2.45, 2.75) is 25.9 Å². The first-order chi connectivity index (χ1) is 15.1. The Kier molecular flexibility index (Phi) is 5.19. The van der Waals surface area contributed by atoms with Gasteiger partial charge in [-0.1, -0.05) is 18.2 Å². The molecule has 0 saturated carbocycles. The van der Waals surface area contributed by atoms with Gasteiger partial charge in [0, 0.05) is 39.0 Å². The topological polar surface area (TPSA) is 87.6 Å². The molecule has 1 atom stereocenters. The molecule has 2 saturated heterocycles. The number of phenols is 1. The molecule has 1 unspecified atom stereocenters. The Bertz CT molecular complexity index is 1130. The van der Waals surface area contributed by atoms with Gasteiger partial charge in [-0.25, -0.2) is 9.97 Å². The lowest BCUT2D eigenvalue weighted by Gasteiger charge is -2.41. The minimum atomic E-state index is -0.286. The SMILES string of the molecule is Cc1ccc2c(N3CC(CNC(=O)C4CCCO4)C3)nc(-c3ccccc3O)nc2c1.[HH]. The van der Waals surface area contributed by atoms with Gasteiger partial charge in [-0.3, -0.25) is 4.79 Å². The molecule has 3 heterocycles. The molecule has 2 N–H and O–H groups in total. The Morgan fingerprint density at radius 1 is 1.26 bits per heavy atom. The van der Waals surface area contributed by atoms with E-state index in [2.05, 4.69) is 22.3 Å². The number of hydrogen-bond acceptors (Lipinski definition) is 6. The van der Waals surface area contributed by atoms with E-state index in [4.69, 9.17) is 14.7 Å². The van der Waals surface area contributed by atoms with Crippen LogP contribution < -0.4 is 10.2 Å². The second kappa shape index (κ2) is 8.15. The molecule has 2 fully saturated rings. The van der Waals surface area contributed by atoms with Crippen molar-refractivity contribution < 1.29 is 16.1 Å². The molecule has 2 aromatic carbocycles. The number of rotatable bonds is 5. The van der Waals surface area contributed by atoms with E-state index in [1.807, 2.05) is 25.1 Å². The number of phenolic OH excluding ortho intramolecular Hbond substituents is 1. The zero-order valence-electron chi connectivity index (χ0n) is 17.5. The molecular weight excluding hydrogens is 392 g/mol. The van der Waals surface area contributed by atoms with Crippen LogP contribution in [0, 0.1) is 12.8 Å². The highest BCUT2D eigenvalue weighted by Gasteiger charge is 2.31. The van der Waals surface area contributed by atoms with E-state index >= 15 is 0 Å². The van der Waals surface area contributed by atoms with E-state index in [1.54, 1.807) is 12.1 Å². The van der Waals surface area contributed by atoms with Gasteiger partial charge in [-0.05, 0) is 49.6 Å². The van der Waals surface area contributed by atoms with Gasteiger partial charge in [0.2, 0.25) is 5.91 Å². The summed E-state index contributed by atoms with van der Waals surface area (Å²) in [6.45, 7) is 4.98. The summed E-state index contributed by atoms with van der Waals surface area (Å²) in [5, 5.41) is 14.3. The lowest BCUT2D eigenvalue weighted by Crippen LogP contribution is -2.52. The smallest absolute Gasteiger partial charge is 0.249 e. The Morgan fingerprint density at radius 2 is 2.10 bits per heavy atom. The molecule has 31 heavy (non-hydrogen) atoms. The Balaban J connectivity index is 0.00000245. The van der Waals surface area contributed by atoms with Crippen molar-refractivity contribution in [3.8, 4) is 17.1 Å². The summed E-state index contributed by atoms with van der Waals surface area (Å²) >= 11 is 0. The van der Waals surface area contributed by atoms with Crippen molar-refractivity contribution in [2.75, 3.05) is 31.1 Å². The standard InChI is InChI=1S/C24H26N4O3.H2/c1-15-8-9-17-19(11-15)26-22(18-5-2-3-6-20(18)29)27-23(17)28-13-16(14-28)12-25-24(30)21-7-4-10-31-21;/h2-3,5-6,8-9,11,16,21,29H,4,7,10,12-14H2,1H3,(H,25,30);1H. The number of anilines is 1. The van der Waals surface area contributed by atoms with Gasteiger partial charge in [0.25, 0.3) is 0 Å². The van der Waals surface area contributed by atoms with E-state index in [1.165, 1.54) is 0 Å². The van der Waals surface area contributed by atoms with E-state index in [0.29, 0.717) is 30.5 Å². The van der Waals surface area contributed by atoms with Crippen molar-refractivity contribution in [3.63, 3.8) is 0 Å². The van der Waals surface area contributed by atoms with Crippen LogP contribution in [-0.4, -0.2) is 53.3 Å². The van der Waals surface area contributed by atoms with Crippen LogP contribution >= 0.6 is 0 Å². The fraction of sp³-hybridized carbons (Fsp3) is 0.375. The van der Waals surface area contributed by atoms with Crippen LogP contribution in [0.5, 0.6) is 5.75 Å². The number of hydrogen-bond donors (Lipinski definition) is 2. The van der Waals surface area contributed by atoms with Crippen molar-refractivity contribution in [3.05, 3.63) is 48.0 Å². The average Bonchev–Trinajstić information content (AvgIpc) is 3.27. The van der Waals surface area contributed by atoms with Crippen molar-refractivity contribution in [1.29, 1.82) is 0 Å². The van der Waals surface area contributed by atoms with Crippen molar-refractivity contribution in [1.82, 2.24) is 15.3 Å². The van der Waals surface area contributed by atoms with Gasteiger partial charge in [0.1, 0.15) is 17.7 Å². The zero-order valence-corrected chi connectivity index (χ0v) is 17.5. The molecule has 1 aromatic heterocycles. The molecule has 7 heteroatoms. The van der Waals surface area contributed by atoms with Crippen LogP contribution in [0.1, 0.15) is 19.8 Å². The van der Waals surface area contributed by atoms with Gasteiger partial charge in [-0.2, -0.15) is 0 Å². The Morgan fingerprint density at radius 3 is 2.87 bits per heavy atom. The molecule has 3 aromatic rings. The summed E-state index contributed by atoms with van der Waals surface area (Å²) in [5.74, 6) is 1.92. The number of nitrogens with zero attached hydrogens (tertiary/aromatic N) is 3. The fourth-order valence-electron chi connectivity index (χ4n) is 4.26. The average molecular weight is 421 g/mol. The maximum Gasteiger partial charge on any atom is 0.249 e.